The first kappa shape index (κ1) is 12.0. The highest BCUT2D eigenvalue weighted by Gasteiger charge is 2.16. The van der Waals surface area contributed by atoms with Gasteiger partial charge in [-0.15, -0.1) is 0 Å². The quantitative estimate of drug-likeness (QED) is 0.874. The number of benzene rings is 1. The third kappa shape index (κ3) is 2.38. The summed E-state index contributed by atoms with van der Waals surface area (Å²) in [4.78, 5) is 8.03. The van der Waals surface area contributed by atoms with Gasteiger partial charge in [-0.2, -0.15) is 0 Å². The molecule has 2 N–H and O–H groups in total. The molecule has 0 spiro atoms. The average Bonchev–Trinajstić information content (AvgIpc) is 2.73. The molecule has 3 nitrogen and oxygen atoms in total. The molecule has 1 aliphatic heterocycles. The molecule has 0 radical (unpaired) electrons. The van der Waals surface area contributed by atoms with Crippen molar-refractivity contribution in [1.29, 1.82) is 0 Å². The molecule has 1 aromatic carbocycles. The Kier molecular flexibility index (Phi) is 3.27. The number of hydrogen-bond acceptors (Lipinski definition) is 2. The zero-order valence-electron chi connectivity index (χ0n) is 10.6. The molecule has 1 fully saturated rings. The van der Waals surface area contributed by atoms with Crippen molar-refractivity contribution in [2.45, 2.75) is 26.2 Å². The zero-order chi connectivity index (χ0) is 12.5. The Morgan fingerprint density at radius 2 is 2.33 bits per heavy atom. The van der Waals surface area contributed by atoms with Crippen molar-refractivity contribution in [2.24, 2.45) is 5.92 Å². The summed E-state index contributed by atoms with van der Waals surface area (Å²) < 4.78 is 0. The third-order valence-corrected chi connectivity index (χ3v) is 3.90. The van der Waals surface area contributed by atoms with Crippen LogP contribution in [0.3, 0.4) is 0 Å². The number of aromatic amines is 1. The molecule has 3 rings (SSSR count). The van der Waals surface area contributed by atoms with Gasteiger partial charge >= 0.3 is 0 Å². The molecule has 2 aromatic rings. The number of nitrogens with one attached hydrogen (secondary N) is 2. The lowest BCUT2D eigenvalue weighted by Crippen LogP contribution is -2.31. The third-order valence-electron chi connectivity index (χ3n) is 3.61. The van der Waals surface area contributed by atoms with Crippen molar-refractivity contribution in [3.8, 4) is 0 Å². The molecule has 1 unspecified atom stereocenters. The molecule has 1 atom stereocenters. The Hall–Kier alpha value is -1.06. The minimum atomic E-state index is 0.694. The maximum absolute atomic E-state index is 6.22. The minimum Gasteiger partial charge on any atom is -0.342 e. The summed E-state index contributed by atoms with van der Waals surface area (Å²) in [5.74, 6) is 1.75. The number of rotatable bonds is 2. The van der Waals surface area contributed by atoms with Crippen LogP contribution in [-0.2, 0) is 6.42 Å². The summed E-state index contributed by atoms with van der Waals surface area (Å²) in [5, 5.41) is 4.19. The standard InChI is InChI=1S/C14H18ClN3/c1-9-5-11(15)14-12(6-9)17-13(18-14)7-10-3-2-4-16-8-10/h5-6,10,16H,2-4,7-8H2,1H3,(H,17,18). The molecular weight excluding hydrogens is 246 g/mol. The highest BCUT2D eigenvalue weighted by atomic mass is 35.5. The van der Waals surface area contributed by atoms with Crippen LogP contribution >= 0.6 is 11.6 Å². The van der Waals surface area contributed by atoms with E-state index in [1.807, 2.05) is 6.07 Å². The number of H-pyrrole nitrogens is 1. The van der Waals surface area contributed by atoms with Gasteiger partial charge in [0.1, 0.15) is 11.3 Å². The van der Waals surface area contributed by atoms with Crippen molar-refractivity contribution in [3.05, 3.63) is 28.5 Å². The van der Waals surface area contributed by atoms with Gasteiger partial charge in [0.05, 0.1) is 10.5 Å². The van der Waals surface area contributed by atoms with E-state index in [-0.39, 0.29) is 0 Å². The van der Waals surface area contributed by atoms with E-state index in [0.717, 1.165) is 41.4 Å². The maximum atomic E-state index is 6.22. The first-order valence-corrected chi connectivity index (χ1v) is 6.95. The van der Waals surface area contributed by atoms with Gasteiger partial charge in [0.25, 0.3) is 0 Å². The van der Waals surface area contributed by atoms with Gasteiger partial charge in [-0.25, -0.2) is 4.98 Å². The van der Waals surface area contributed by atoms with Crippen molar-refractivity contribution in [1.82, 2.24) is 15.3 Å². The monoisotopic (exact) mass is 263 g/mol. The molecule has 2 heterocycles. The SMILES string of the molecule is Cc1cc(Cl)c2nc(CC3CCCNC3)[nH]c2c1. The number of fused-ring (bicyclic) bond motifs is 1. The number of piperidine rings is 1. The van der Waals surface area contributed by atoms with Crippen LogP contribution < -0.4 is 5.32 Å². The van der Waals surface area contributed by atoms with Gasteiger partial charge in [-0.1, -0.05) is 11.6 Å². The maximum Gasteiger partial charge on any atom is 0.107 e. The smallest absolute Gasteiger partial charge is 0.107 e. The van der Waals surface area contributed by atoms with Crippen LogP contribution in [0, 0.1) is 12.8 Å². The van der Waals surface area contributed by atoms with Gasteiger partial charge in [-0.05, 0) is 56.5 Å². The van der Waals surface area contributed by atoms with E-state index in [9.17, 15) is 0 Å². The molecule has 1 aliphatic rings. The predicted octanol–water partition coefficient (Wildman–Crippen LogP) is 3.07. The Bertz CT molecular complexity index is 555. The number of imidazole rings is 1. The first-order chi connectivity index (χ1) is 8.72. The average molecular weight is 264 g/mol. The second-order valence-corrected chi connectivity index (χ2v) is 5.65. The van der Waals surface area contributed by atoms with E-state index >= 15 is 0 Å². The predicted molar refractivity (Wildman–Crippen MR) is 75.1 cm³/mol. The fourth-order valence-corrected chi connectivity index (χ4v) is 3.05. The van der Waals surface area contributed by atoms with E-state index < -0.39 is 0 Å². The normalized spacial score (nSPS) is 20.4. The Morgan fingerprint density at radius 3 is 3.11 bits per heavy atom. The van der Waals surface area contributed by atoms with Gasteiger partial charge in [0.2, 0.25) is 0 Å². The number of hydrogen-bond donors (Lipinski definition) is 2. The number of aromatic nitrogens is 2. The van der Waals surface area contributed by atoms with Crippen LogP contribution in [0.15, 0.2) is 12.1 Å². The summed E-state index contributed by atoms with van der Waals surface area (Å²) in [6.45, 7) is 4.31. The van der Waals surface area contributed by atoms with E-state index in [2.05, 4.69) is 28.3 Å². The lowest BCUT2D eigenvalue weighted by Gasteiger charge is -2.21. The van der Waals surface area contributed by atoms with Crippen LogP contribution in [0.5, 0.6) is 0 Å². The van der Waals surface area contributed by atoms with E-state index in [4.69, 9.17) is 11.6 Å². The van der Waals surface area contributed by atoms with E-state index in [1.54, 1.807) is 0 Å². The van der Waals surface area contributed by atoms with Crippen molar-refractivity contribution >= 4 is 22.6 Å². The molecule has 0 saturated carbocycles. The first-order valence-electron chi connectivity index (χ1n) is 6.58. The molecule has 1 aromatic heterocycles. The summed E-state index contributed by atoms with van der Waals surface area (Å²) in [7, 11) is 0. The van der Waals surface area contributed by atoms with E-state index in [1.165, 1.54) is 18.4 Å². The highest BCUT2D eigenvalue weighted by Crippen LogP contribution is 2.24. The molecule has 0 bridgehead atoms. The highest BCUT2D eigenvalue weighted by molar-refractivity contribution is 6.35. The molecule has 0 amide bonds. The lowest BCUT2D eigenvalue weighted by atomic mass is 9.96. The zero-order valence-corrected chi connectivity index (χ0v) is 11.3. The number of aryl methyl sites for hydroxylation is 1. The summed E-state index contributed by atoms with van der Waals surface area (Å²) in [5.41, 5.74) is 3.13. The Balaban J connectivity index is 1.86. The van der Waals surface area contributed by atoms with Gasteiger partial charge in [0.15, 0.2) is 0 Å². The largest absolute Gasteiger partial charge is 0.342 e. The topological polar surface area (TPSA) is 40.7 Å². The number of halogens is 1. The van der Waals surface area contributed by atoms with Crippen LogP contribution in [0.25, 0.3) is 11.0 Å². The van der Waals surface area contributed by atoms with Crippen LogP contribution in [-0.4, -0.2) is 23.1 Å². The molecule has 1 saturated heterocycles. The number of nitrogens with zero attached hydrogens (tertiary/aromatic N) is 1. The molecular formula is C14H18ClN3. The van der Waals surface area contributed by atoms with Crippen molar-refractivity contribution < 1.29 is 0 Å². The molecule has 18 heavy (non-hydrogen) atoms. The van der Waals surface area contributed by atoms with Crippen LogP contribution in [0.2, 0.25) is 5.02 Å². The van der Waals surface area contributed by atoms with Crippen LogP contribution in [0.1, 0.15) is 24.2 Å². The second-order valence-electron chi connectivity index (χ2n) is 5.24. The van der Waals surface area contributed by atoms with Gasteiger partial charge < -0.3 is 10.3 Å². The van der Waals surface area contributed by atoms with Gasteiger partial charge in [-0.3, -0.25) is 0 Å². The second kappa shape index (κ2) is 4.90. The summed E-state index contributed by atoms with van der Waals surface area (Å²) in [6.07, 6.45) is 3.57. The molecule has 0 aliphatic carbocycles. The fraction of sp³-hybridized carbons (Fsp3) is 0.500. The van der Waals surface area contributed by atoms with Crippen molar-refractivity contribution in [2.75, 3.05) is 13.1 Å². The van der Waals surface area contributed by atoms with E-state index in [0.29, 0.717) is 5.92 Å². The Labute approximate surface area is 112 Å². The van der Waals surface area contributed by atoms with Crippen molar-refractivity contribution in [3.63, 3.8) is 0 Å². The minimum absolute atomic E-state index is 0.694. The molecule has 4 heteroatoms. The lowest BCUT2D eigenvalue weighted by molar-refractivity contribution is 0.371. The fourth-order valence-electron chi connectivity index (χ4n) is 2.73. The summed E-state index contributed by atoms with van der Waals surface area (Å²) in [6, 6.07) is 4.08. The van der Waals surface area contributed by atoms with Gasteiger partial charge in [0, 0.05) is 6.42 Å². The Morgan fingerprint density at radius 1 is 1.44 bits per heavy atom. The molecule has 96 valence electrons. The van der Waals surface area contributed by atoms with Crippen LogP contribution in [0.4, 0.5) is 0 Å². The summed E-state index contributed by atoms with van der Waals surface area (Å²) >= 11 is 6.22.